The van der Waals surface area contributed by atoms with Crippen LogP contribution in [0.2, 0.25) is 10.0 Å². The standard InChI is InChI=1S/C16H15Cl2N3O5S/c1-3-14(12-6-10(17)7-13(18)16(12)22)19-20-27(25,26)11-5-4-9(2)15(8-11)21(23)24/h4-8,20,22H,3H2,1-2H3/b19-14+. The van der Waals surface area contributed by atoms with E-state index in [-0.39, 0.29) is 44.1 Å². The van der Waals surface area contributed by atoms with E-state index in [4.69, 9.17) is 23.2 Å². The van der Waals surface area contributed by atoms with E-state index < -0.39 is 14.9 Å². The number of halogens is 2. The molecule has 0 atom stereocenters. The number of phenolic OH excluding ortho intramolecular Hbond substituents is 1. The fourth-order valence-electron chi connectivity index (χ4n) is 2.24. The lowest BCUT2D eigenvalue weighted by Gasteiger charge is -2.10. The van der Waals surface area contributed by atoms with Crippen LogP contribution in [-0.4, -0.2) is 24.2 Å². The lowest BCUT2D eigenvalue weighted by atomic mass is 10.1. The number of benzene rings is 2. The highest BCUT2D eigenvalue weighted by Gasteiger charge is 2.20. The summed E-state index contributed by atoms with van der Waals surface area (Å²) < 4.78 is 24.9. The highest BCUT2D eigenvalue weighted by molar-refractivity contribution is 7.89. The second kappa shape index (κ2) is 8.12. The first kappa shape index (κ1) is 20.9. The zero-order valence-corrected chi connectivity index (χ0v) is 16.6. The summed E-state index contributed by atoms with van der Waals surface area (Å²) in [6.07, 6.45) is 0.251. The van der Waals surface area contributed by atoms with Crippen molar-refractivity contribution in [2.24, 2.45) is 5.10 Å². The fraction of sp³-hybridized carbons (Fsp3) is 0.188. The van der Waals surface area contributed by atoms with E-state index in [0.717, 1.165) is 6.07 Å². The average molecular weight is 432 g/mol. The van der Waals surface area contributed by atoms with Gasteiger partial charge in [-0.15, -0.1) is 0 Å². The maximum absolute atomic E-state index is 12.4. The molecule has 0 aliphatic rings. The Hall–Kier alpha value is -2.36. The summed E-state index contributed by atoms with van der Waals surface area (Å²) in [5.41, 5.74) is 0.363. The highest BCUT2D eigenvalue weighted by Crippen LogP contribution is 2.32. The molecule has 0 radical (unpaired) electrons. The van der Waals surface area contributed by atoms with Gasteiger partial charge in [0.25, 0.3) is 15.7 Å². The maximum Gasteiger partial charge on any atom is 0.276 e. The van der Waals surface area contributed by atoms with Crippen molar-refractivity contribution < 1.29 is 18.4 Å². The summed E-state index contributed by atoms with van der Waals surface area (Å²) in [7, 11) is -4.17. The summed E-state index contributed by atoms with van der Waals surface area (Å²) in [5, 5.41) is 25.2. The van der Waals surface area contributed by atoms with E-state index in [0.29, 0.717) is 5.56 Å². The molecule has 11 heteroatoms. The van der Waals surface area contributed by atoms with Gasteiger partial charge in [0, 0.05) is 22.2 Å². The number of nitrogens with zero attached hydrogens (tertiary/aromatic N) is 2. The Morgan fingerprint density at radius 2 is 1.96 bits per heavy atom. The molecule has 2 aromatic carbocycles. The van der Waals surface area contributed by atoms with Gasteiger partial charge in [-0.25, -0.2) is 0 Å². The minimum Gasteiger partial charge on any atom is -0.506 e. The van der Waals surface area contributed by atoms with E-state index in [2.05, 4.69) is 5.10 Å². The van der Waals surface area contributed by atoms with Gasteiger partial charge in [0.05, 0.1) is 20.6 Å². The Balaban J connectivity index is 2.43. The predicted molar refractivity (Wildman–Crippen MR) is 103 cm³/mol. The molecule has 144 valence electrons. The van der Waals surface area contributed by atoms with Crippen LogP contribution in [0.25, 0.3) is 0 Å². The Morgan fingerprint density at radius 1 is 1.30 bits per heavy atom. The number of rotatable bonds is 6. The summed E-state index contributed by atoms with van der Waals surface area (Å²) in [6, 6.07) is 6.26. The van der Waals surface area contributed by atoms with E-state index in [1.807, 2.05) is 4.83 Å². The molecule has 0 saturated carbocycles. The number of nitro groups is 1. The number of hydrogen-bond acceptors (Lipinski definition) is 6. The molecule has 0 unspecified atom stereocenters. The summed E-state index contributed by atoms with van der Waals surface area (Å²) in [6.45, 7) is 3.19. The van der Waals surface area contributed by atoms with Crippen molar-refractivity contribution in [3.05, 3.63) is 61.6 Å². The SMILES string of the molecule is CC/C(=N\NS(=O)(=O)c1ccc(C)c([N+](=O)[O-])c1)c1cc(Cl)cc(Cl)c1O. The molecule has 0 aromatic heterocycles. The van der Waals surface area contributed by atoms with Crippen LogP contribution >= 0.6 is 23.2 Å². The van der Waals surface area contributed by atoms with Gasteiger partial charge in [0.1, 0.15) is 5.75 Å². The van der Waals surface area contributed by atoms with Crippen LogP contribution in [-0.2, 0) is 10.0 Å². The van der Waals surface area contributed by atoms with E-state index in [1.54, 1.807) is 6.92 Å². The van der Waals surface area contributed by atoms with Crippen LogP contribution in [0.15, 0.2) is 40.3 Å². The van der Waals surface area contributed by atoms with Crippen LogP contribution in [0.3, 0.4) is 0 Å². The largest absolute Gasteiger partial charge is 0.506 e. The topological polar surface area (TPSA) is 122 Å². The van der Waals surface area contributed by atoms with Crippen LogP contribution in [0.1, 0.15) is 24.5 Å². The summed E-state index contributed by atoms with van der Waals surface area (Å²) >= 11 is 11.8. The Bertz CT molecular complexity index is 1040. The number of nitrogens with one attached hydrogen (secondary N) is 1. The van der Waals surface area contributed by atoms with E-state index in [1.165, 1.54) is 31.2 Å². The molecule has 27 heavy (non-hydrogen) atoms. The fourth-order valence-corrected chi connectivity index (χ4v) is 3.58. The Labute approximate surface area is 165 Å². The van der Waals surface area contributed by atoms with Crippen LogP contribution in [0, 0.1) is 17.0 Å². The number of nitro benzene ring substituents is 1. The van der Waals surface area contributed by atoms with Gasteiger partial charge in [-0.1, -0.05) is 36.2 Å². The van der Waals surface area contributed by atoms with Crippen molar-refractivity contribution in [3.8, 4) is 5.75 Å². The van der Waals surface area contributed by atoms with Crippen molar-refractivity contribution in [1.82, 2.24) is 4.83 Å². The van der Waals surface area contributed by atoms with Crippen LogP contribution in [0.4, 0.5) is 5.69 Å². The highest BCUT2D eigenvalue weighted by atomic mass is 35.5. The van der Waals surface area contributed by atoms with Gasteiger partial charge in [-0.2, -0.15) is 18.4 Å². The molecule has 0 aliphatic heterocycles. The minimum absolute atomic E-state index is 0.00401. The van der Waals surface area contributed by atoms with Crippen molar-refractivity contribution in [2.75, 3.05) is 0 Å². The number of aromatic hydroxyl groups is 1. The zero-order chi connectivity index (χ0) is 20.4. The van der Waals surface area contributed by atoms with Crippen molar-refractivity contribution in [1.29, 1.82) is 0 Å². The van der Waals surface area contributed by atoms with Crippen LogP contribution < -0.4 is 4.83 Å². The van der Waals surface area contributed by atoms with Gasteiger partial charge < -0.3 is 5.11 Å². The van der Waals surface area contributed by atoms with Gasteiger partial charge >= 0.3 is 0 Å². The van der Waals surface area contributed by atoms with Crippen molar-refractivity contribution in [2.45, 2.75) is 25.2 Å². The lowest BCUT2D eigenvalue weighted by Crippen LogP contribution is -2.21. The Kier molecular flexibility index (Phi) is 6.30. The molecule has 0 fully saturated rings. The first-order valence-electron chi connectivity index (χ1n) is 7.58. The van der Waals surface area contributed by atoms with Gasteiger partial charge in [0.15, 0.2) is 0 Å². The molecule has 2 rings (SSSR count). The third-order valence-electron chi connectivity index (χ3n) is 3.66. The molecule has 0 amide bonds. The molecule has 0 bridgehead atoms. The maximum atomic E-state index is 12.4. The quantitative estimate of drug-likeness (QED) is 0.406. The normalized spacial score (nSPS) is 12.1. The third kappa shape index (κ3) is 4.68. The summed E-state index contributed by atoms with van der Waals surface area (Å²) in [4.78, 5) is 12.0. The lowest BCUT2D eigenvalue weighted by molar-refractivity contribution is -0.385. The minimum atomic E-state index is -4.17. The van der Waals surface area contributed by atoms with E-state index >= 15 is 0 Å². The first-order valence-corrected chi connectivity index (χ1v) is 9.82. The number of hydrogen-bond donors (Lipinski definition) is 2. The molecule has 0 heterocycles. The number of phenols is 1. The molecule has 2 aromatic rings. The van der Waals surface area contributed by atoms with Gasteiger partial charge in [-0.05, 0) is 31.5 Å². The van der Waals surface area contributed by atoms with E-state index in [9.17, 15) is 23.6 Å². The molecule has 0 spiro atoms. The van der Waals surface area contributed by atoms with Gasteiger partial charge in [-0.3, -0.25) is 10.1 Å². The monoisotopic (exact) mass is 431 g/mol. The molecular formula is C16H15Cl2N3O5S. The number of aryl methyl sites for hydroxylation is 1. The molecule has 2 N–H and O–H groups in total. The molecule has 8 nitrogen and oxygen atoms in total. The second-order valence-electron chi connectivity index (χ2n) is 5.50. The summed E-state index contributed by atoms with van der Waals surface area (Å²) in [5.74, 6) is -0.285. The second-order valence-corrected chi connectivity index (χ2v) is 8.00. The smallest absolute Gasteiger partial charge is 0.276 e. The molecule has 0 aliphatic carbocycles. The van der Waals surface area contributed by atoms with Crippen molar-refractivity contribution >= 4 is 44.6 Å². The number of sulfonamides is 1. The molecule has 0 saturated heterocycles. The predicted octanol–water partition coefficient (Wildman–Crippen LogP) is 4.01. The van der Waals surface area contributed by atoms with Crippen LogP contribution in [0.5, 0.6) is 5.75 Å². The average Bonchev–Trinajstić information content (AvgIpc) is 2.59. The number of hydrazone groups is 1. The third-order valence-corrected chi connectivity index (χ3v) is 5.37. The first-order chi connectivity index (χ1) is 12.6. The Morgan fingerprint density at radius 3 is 2.56 bits per heavy atom. The molecular weight excluding hydrogens is 417 g/mol. The zero-order valence-electron chi connectivity index (χ0n) is 14.2. The van der Waals surface area contributed by atoms with Gasteiger partial charge in [0.2, 0.25) is 0 Å². The van der Waals surface area contributed by atoms with Crippen molar-refractivity contribution in [3.63, 3.8) is 0 Å².